The van der Waals surface area contributed by atoms with Crippen molar-refractivity contribution in [3.8, 4) is 11.5 Å². The van der Waals surface area contributed by atoms with Crippen LogP contribution in [0, 0.1) is 0 Å². The number of nitrogens with one attached hydrogen (secondary N) is 1. The predicted molar refractivity (Wildman–Crippen MR) is 100 cm³/mol. The molecular formula is C21H27NO3. The molecule has 0 spiro atoms. The Hall–Kier alpha value is -2.49. The molecular weight excluding hydrogens is 314 g/mol. The number of carbonyl (C=O) groups excluding carboxylic acids is 1. The zero-order valence-corrected chi connectivity index (χ0v) is 15.4. The average molecular weight is 341 g/mol. The summed E-state index contributed by atoms with van der Waals surface area (Å²) in [5.74, 6) is 1.86. The van der Waals surface area contributed by atoms with Crippen LogP contribution in [0.25, 0.3) is 0 Å². The molecule has 0 bridgehead atoms. The van der Waals surface area contributed by atoms with Crippen LogP contribution in [0.5, 0.6) is 11.5 Å². The fraction of sp³-hybridized carbons (Fsp3) is 0.381. The summed E-state index contributed by atoms with van der Waals surface area (Å²) in [5, 5.41) is 3.02. The summed E-state index contributed by atoms with van der Waals surface area (Å²) in [6.45, 7) is 6.34. The lowest BCUT2D eigenvalue weighted by Crippen LogP contribution is -2.32. The highest BCUT2D eigenvalue weighted by Gasteiger charge is 2.13. The van der Waals surface area contributed by atoms with Gasteiger partial charge in [-0.25, -0.2) is 0 Å². The minimum absolute atomic E-state index is 0.00762. The van der Waals surface area contributed by atoms with Crippen molar-refractivity contribution in [2.24, 2.45) is 0 Å². The summed E-state index contributed by atoms with van der Waals surface area (Å²) in [6, 6.07) is 15.6. The Labute approximate surface area is 150 Å². The molecule has 0 fully saturated rings. The molecule has 4 heteroatoms. The molecule has 134 valence electrons. The Morgan fingerprint density at radius 1 is 0.960 bits per heavy atom. The predicted octanol–water partition coefficient (Wildman–Crippen LogP) is 4.46. The van der Waals surface area contributed by atoms with Crippen molar-refractivity contribution < 1.29 is 14.3 Å². The smallest absolute Gasteiger partial charge is 0.258 e. The first-order valence-corrected chi connectivity index (χ1v) is 8.69. The standard InChI is InChI=1S/C21H27NO3/c1-5-20(17-8-10-18(24-4)11-9-17)22-21(23)14-25-19-12-6-16(7-13-19)15(2)3/h6-13,15,20H,5,14H2,1-4H3,(H,22,23)/t20-/m0/s1. The molecule has 1 amide bonds. The second-order valence-electron chi connectivity index (χ2n) is 6.31. The van der Waals surface area contributed by atoms with E-state index in [9.17, 15) is 4.79 Å². The molecule has 2 rings (SSSR count). The van der Waals surface area contributed by atoms with Crippen LogP contribution in [0.3, 0.4) is 0 Å². The highest BCUT2D eigenvalue weighted by atomic mass is 16.5. The molecule has 25 heavy (non-hydrogen) atoms. The van der Waals surface area contributed by atoms with Crippen molar-refractivity contribution in [1.82, 2.24) is 5.32 Å². The monoisotopic (exact) mass is 341 g/mol. The molecule has 1 N–H and O–H groups in total. The molecule has 0 saturated heterocycles. The molecule has 0 aliphatic carbocycles. The molecule has 2 aromatic rings. The van der Waals surface area contributed by atoms with Gasteiger partial charge >= 0.3 is 0 Å². The largest absolute Gasteiger partial charge is 0.497 e. The van der Waals surface area contributed by atoms with Gasteiger partial charge in [-0.2, -0.15) is 0 Å². The van der Waals surface area contributed by atoms with Gasteiger partial charge in [-0.1, -0.05) is 45.0 Å². The van der Waals surface area contributed by atoms with Crippen LogP contribution in [-0.4, -0.2) is 19.6 Å². The van der Waals surface area contributed by atoms with Crippen molar-refractivity contribution in [3.05, 3.63) is 59.7 Å². The Morgan fingerprint density at radius 2 is 1.52 bits per heavy atom. The molecule has 0 radical (unpaired) electrons. The average Bonchev–Trinajstić information content (AvgIpc) is 2.65. The summed E-state index contributed by atoms with van der Waals surface area (Å²) < 4.78 is 10.8. The molecule has 2 aromatic carbocycles. The zero-order chi connectivity index (χ0) is 18.2. The molecule has 4 nitrogen and oxygen atoms in total. The van der Waals surface area contributed by atoms with Gasteiger partial charge in [0.15, 0.2) is 6.61 Å². The summed E-state index contributed by atoms with van der Waals surface area (Å²) in [6.07, 6.45) is 0.807. The second kappa shape index (κ2) is 9.11. The number of methoxy groups -OCH3 is 1. The topological polar surface area (TPSA) is 47.6 Å². The minimum atomic E-state index is -0.129. The van der Waals surface area contributed by atoms with Crippen molar-refractivity contribution in [2.75, 3.05) is 13.7 Å². The van der Waals surface area contributed by atoms with E-state index in [1.807, 2.05) is 55.5 Å². The Morgan fingerprint density at radius 3 is 2.04 bits per heavy atom. The van der Waals surface area contributed by atoms with E-state index < -0.39 is 0 Å². The van der Waals surface area contributed by atoms with Gasteiger partial charge in [0.25, 0.3) is 5.91 Å². The first-order valence-electron chi connectivity index (χ1n) is 8.69. The summed E-state index contributed by atoms with van der Waals surface area (Å²) in [5.41, 5.74) is 2.31. The van der Waals surface area contributed by atoms with Gasteiger partial charge in [0.1, 0.15) is 11.5 Å². The van der Waals surface area contributed by atoms with Crippen LogP contribution in [0.2, 0.25) is 0 Å². The number of carbonyl (C=O) groups is 1. The van der Waals surface area contributed by atoms with Gasteiger partial charge in [-0.15, -0.1) is 0 Å². The summed E-state index contributed by atoms with van der Waals surface area (Å²) in [4.78, 5) is 12.2. The Balaban J connectivity index is 1.88. The maximum Gasteiger partial charge on any atom is 0.258 e. The van der Waals surface area contributed by atoms with E-state index in [1.165, 1.54) is 5.56 Å². The van der Waals surface area contributed by atoms with E-state index in [0.717, 1.165) is 17.7 Å². The Kier molecular flexibility index (Phi) is 6.87. The number of amides is 1. The molecule has 0 aliphatic heterocycles. The van der Waals surface area contributed by atoms with Gasteiger partial charge in [-0.05, 0) is 47.7 Å². The maximum atomic E-state index is 12.2. The molecule has 0 unspecified atom stereocenters. The molecule has 0 aromatic heterocycles. The van der Waals surface area contributed by atoms with Crippen molar-refractivity contribution in [3.63, 3.8) is 0 Å². The summed E-state index contributed by atoms with van der Waals surface area (Å²) in [7, 11) is 1.64. The van der Waals surface area contributed by atoms with E-state index >= 15 is 0 Å². The van der Waals surface area contributed by atoms with E-state index in [-0.39, 0.29) is 18.6 Å². The van der Waals surface area contributed by atoms with Crippen molar-refractivity contribution in [2.45, 2.75) is 39.2 Å². The summed E-state index contributed by atoms with van der Waals surface area (Å²) >= 11 is 0. The normalized spacial score (nSPS) is 11.9. The van der Waals surface area contributed by atoms with E-state index in [4.69, 9.17) is 9.47 Å². The molecule has 0 saturated carbocycles. The SMILES string of the molecule is CC[C@H](NC(=O)COc1ccc(C(C)C)cc1)c1ccc(OC)cc1. The van der Waals surface area contributed by atoms with Crippen molar-refractivity contribution in [1.29, 1.82) is 0 Å². The van der Waals surface area contributed by atoms with Gasteiger partial charge in [0, 0.05) is 0 Å². The zero-order valence-electron chi connectivity index (χ0n) is 15.4. The van der Waals surface area contributed by atoms with Crippen molar-refractivity contribution >= 4 is 5.91 Å². The fourth-order valence-corrected chi connectivity index (χ4v) is 2.59. The lowest BCUT2D eigenvalue weighted by Gasteiger charge is -2.18. The van der Waals surface area contributed by atoms with E-state index in [0.29, 0.717) is 11.7 Å². The Bertz CT molecular complexity index is 663. The van der Waals surface area contributed by atoms with Crippen LogP contribution in [0.1, 0.15) is 50.3 Å². The number of rotatable bonds is 8. The highest BCUT2D eigenvalue weighted by Crippen LogP contribution is 2.21. The minimum Gasteiger partial charge on any atom is -0.497 e. The number of benzene rings is 2. The third-order valence-corrected chi connectivity index (χ3v) is 4.18. The molecule has 0 heterocycles. The van der Waals surface area contributed by atoms with E-state index in [1.54, 1.807) is 7.11 Å². The maximum absolute atomic E-state index is 12.2. The molecule has 1 atom stereocenters. The number of hydrogen-bond donors (Lipinski definition) is 1. The number of hydrogen-bond acceptors (Lipinski definition) is 3. The third kappa shape index (κ3) is 5.52. The quantitative estimate of drug-likeness (QED) is 0.771. The van der Waals surface area contributed by atoms with Gasteiger partial charge in [0.05, 0.1) is 13.2 Å². The van der Waals surface area contributed by atoms with Gasteiger partial charge in [-0.3, -0.25) is 4.79 Å². The highest BCUT2D eigenvalue weighted by molar-refractivity contribution is 5.78. The third-order valence-electron chi connectivity index (χ3n) is 4.18. The number of ether oxygens (including phenoxy) is 2. The lowest BCUT2D eigenvalue weighted by atomic mass is 10.0. The fourth-order valence-electron chi connectivity index (χ4n) is 2.59. The van der Waals surface area contributed by atoms with Crippen LogP contribution >= 0.6 is 0 Å². The van der Waals surface area contributed by atoms with Crippen LogP contribution in [-0.2, 0) is 4.79 Å². The first kappa shape index (κ1) is 18.8. The molecule has 0 aliphatic rings. The van der Waals surface area contributed by atoms with E-state index in [2.05, 4.69) is 19.2 Å². The van der Waals surface area contributed by atoms with Gasteiger partial charge in [0.2, 0.25) is 0 Å². The first-order chi connectivity index (χ1) is 12.0. The second-order valence-corrected chi connectivity index (χ2v) is 6.31. The van der Waals surface area contributed by atoms with Crippen LogP contribution < -0.4 is 14.8 Å². The van der Waals surface area contributed by atoms with Gasteiger partial charge < -0.3 is 14.8 Å². The lowest BCUT2D eigenvalue weighted by molar-refractivity contribution is -0.123. The van der Waals surface area contributed by atoms with Crippen LogP contribution in [0.15, 0.2) is 48.5 Å². The van der Waals surface area contributed by atoms with Crippen LogP contribution in [0.4, 0.5) is 0 Å².